The molecule has 1 saturated carbocycles. The fourth-order valence-electron chi connectivity index (χ4n) is 4.23. The zero-order valence-corrected chi connectivity index (χ0v) is 21.1. The van der Waals surface area contributed by atoms with Crippen LogP contribution < -0.4 is 15.4 Å². The quantitative estimate of drug-likeness (QED) is 0.312. The van der Waals surface area contributed by atoms with E-state index in [-0.39, 0.29) is 28.2 Å². The molecule has 2 heterocycles. The van der Waals surface area contributed by atoms with Crippen LogP contribution in [-0.4, -0.2) is 37.0 Å². The van der Waals surface area contributed by atoms with E-state index < -0.39 is 32.8 Å². The summed E-state index contributed by atoms with van der Waals surface area (Å²) in [6.07, 6.45) is -1.42. The maximum Gasteiger partial charge on any atom is 0.417 e. The standard InChI is InChI=1S/C24H19ClF3N5O4S/c1-29-22(34)19-10-16-15-6-5-14(9-20(15)33(13-3-4-13)21(16)11-30-19)38(36,37)32-23(35)31-12-2-7-18(25)17(8-12)24(26,27)28/h2,5-11,13H,3-4H2,1H3,(H,29,34)(H2,31,32,35). The molecule has 2 aromatic heterocycles. The normalized spacial score (nSPS) is 14.0. The molecule has 3 N–H and O–H groups in total. The highest BCUT2D eigenvalue weighted by atomic mass is 35.5. The van der Waals surface area contributed by atoms with Crippen LogP contribution in [0.5, 0.6) is 0 Å². The lowest BCUT2D eigenvalue weighted by molar-refractivity contribution is -0.137. The van der Waals surface area contributed by atoms with Crippen molar-refractivity contribution in [1.82, 2.24) is 19.6 Å². The fraction of sp³-hybridized carbons (Fsp3) is 0.208. The second kappa shape index (κ2) is 9.17. The lowest BCUT2D eigenvalue weighted by Gasteiger charge is -2.13. The van der Waals surface area contributed by atoms with E-state index in [9.17, 15) is 31.2 Å². The molecule has 0 spiro atoms. The van der Waals surface area contributed by atoms with Crippen molar-refractivity contribution in [3.63, 3.8) is 0 Å². The number of anilines is 1. The molecule has 5 rings (SSSR count). The first-order valence-corrected chi connectivity index (χ1v) is 13.1. The molecular formula is C24H19ClF3N5O4S. The summed E-state index contributed by atoms with van der Waals surface area (Å²) in [5, 5.41) is 5.46. The van der Waals surface area contributed by atoms with E-state index in [0.717, 1.165) is 35.9 Å². The summed E-state index contributed by atoms with van der Waals surface area (Å²) < 4.78 is 69.1. The highest BCUT2D eigenvalue weighted by molar-refractivity contribution is 7.90. The monoisotopic (exact) mass is 565 g/mol. The average Bonchev–Trinajstić information content (AvgIpc) is 3.64. The maximum atomic E-state index is 13.1. The molecule has 0 unspecified atom stereocenters. The largest absolute Gasteiger partial charge is 0.417 e. The van der Waals surface area contributed by atoms with Gasteiger partial charge >= 0.3 is 12.2 Å². The predicted molar refractivity (Wildman–Crippen MR) is 135 cm³/mol. The minimum Gasteiger partial charge on any atom is -0.354 e. The number of carbonyl (C=O) groups excluding carboxylic acids is 2. The van der Waals surface area contributed by atoms with Crippen molar-refractivity contribution in [1.29, 1.82) is 0 Å². The number of aromatic nitrogens is 2. The summed E-state index contributed by atoms with van der Waals surface area (Å²) in [6.45, 7) is 0. The molecule has 3 amide bonds. The molecule has 9 nitrogen and oxygen atoms in total. The SMILES string of the molecule is CNC(=O)c1cc2c3ccc(S(=O)(=O)NC(=O)Nc4ccc(Cl)c(C(F)(F)F)c4)cc3n(C3CC3)c2cn1. The molecule has 0 atom stereocenters. The molecule has 2 aromatic carbocycles. The highest BCUT2D eigenvalue weighted by Gasteiger charge is 2.34. The second-order valence-corrected chi connectivity index (χ2v) is 10.8. The second-order valence-electron chi connectivity index (χ2n) is 8.70. The summed E-state index contributed by atoms with van der Waals surface area (Å²) in [5.74, 6) is -0.364. The molecule has 1 aliphatic rings. The van der Waals surface area contributed by atoms with Crippen LogP contribution in [0.4, 0.5) is 23.7 Å². The Morgan fingerprint density at radius 3 is 2.45 bits per heavy atom. The number of rotatable bonds is 5. The van der Waals surface area contributed by atoms with Crippen LogP contribution in [0.3, 0.4) is 0 Å². The lowest BCUT2D eigenvalue weighted by atomic mass is 10.1. The van der Waals surface area contributed by atoms with Crippen LogP contribution in [0.2, 0.25) is 5.02 Å². The number of urea groups is 1. The third-order valence-corrected chi connectivity index (χ3v) is 7.76. The van der Waals surface area contributed by atoms with Crippen LogP contribution in [-0.2, 0) is 16.2 Å². The van der Waals surface area contributed by atoms with Gasteiger partial charge in [0.25, 0.3) is 15.9 Å². The van der Waals surface area contributed by atoms with Crippen molar-refractivity contribution in [2.45, 2.75) is 30.0 Å². The molecule has 38 heavy (non-hydrogen) atoms. The molecule has 1 fully saturated rings. The third kappa shape index (κ3) is 4.74. The molecule has 198 valence electrons. The van der Waals surface area contributed by atoms with Crippen molar-refractivity contribution in [3.05, 3.63) is 64.9 Å². The van der Waals surface area contributed by atoms with Crippen molar-refractivity contribution >= 4 is 61.1 Å². The number of benzene rings is 2. The van der Waals surface area contributed by atoms with E-state index in [4.69, 9.17) is 11.6 Å². The first kappa shape index (κ1) is 25.8. The number of hydrogen-bond donors (Lipinski definition) is 3. The first-order chi connectivity index (χ1) is 17.9. The van der Waals surface area contributed by atoms with Crippen molar-refractivity contribution < 1.29 is 31.2 Å². The Hall–Kier alpha value is -3.84. The van der Waals surface area contributed by atoms with Gasteiger partial charge in [-0.3, -0.25) is 4.79 Å². The van der Waals surface area contributed by atoms with Gasteiger partial charge in [0.2, 0.25) is 0 Å². The summed E-state index contributed by atoms with van der Waals surface area (Å²) in [7, 11) is -2.92. The molecular weight excluding hydrogens is 547 g/mol. The molecule has 1 aliphatic carbocycles. The Morgan fingerprint density at radius 2 is 1.79 bits per heavy atom. The summed E-state index contributed by atoms with van der Waals surface area (Å²) in [5.41, 5.74) is 0.0546. The summed E-state index contributed by atoms with van der Waals surface area (Å²) in [6, 6.07) is 7.48. The number of pyridine rings is 1. The Balaban J connectivity index is 1.47. The summed E-state index contributed by atoms with van der Waals surface area (Å²) in [4.78, 5) is 28.5. The van der Waals surface area contributed by atoms with E-state index in [2.05, 4.69) is 15.6 Å². The van der Waals surface area contributed by atoms with Gasteiger partial charge in [0.15, 0.2) is 0 Å². The maximum absolute atomic E-state index is 13.1. The zero-order chi connectivity index (χ0) is 27.4. The molecule has 0 aliphatic heterocycles. The average molecular weight is 566 g/mol. The van der Waals surface area contributed by atoms with Crippen molar-refractivity contribution in [2.75, 3.05) is 12.4 Å². The third-order valence-electron chi connectivity index (χ3n) is 6.10. The zero-order valence-electron chi connectivity index (χ0n) is 19.6. The number of carbonyl (C=O) groups is 2. The highest BCUT2D eigenvalue weighted by Crippen LogP contribution is 2.43. The molecule has 0 radical (unpaired) electrons. The van der Waals surface area contributed by atoms with E-state index in [0.29, 0.717) is 17.0 Å². The number of hydrogen-bond acceptors (Lipinski definition) is 5. The first-order valence-electron chi connectivity index (χ1n) is 11.3. The van der Waals surface area contributed by atoms with Crippen LogP contribution in [0.1, 0.15) is 34.9 Å². The van der Waals surface area contributed by atoms with Crippen molar-refractivity contribution in [3.8, 4) is 0 Å². The van der Waals surface area contributed by atoms with E-state index in [1.54, 1.807) is 18.3 Å². The Bertz CT molecular complexity index is 1730. The van der Waals surface area contributed by atoms with Gasteiger partial charge in [0.05, 0.1) is 32.7 Å². The van der Waals surface area contributed by atoms with E-state index >= 15 is 0 Å². The Kier molecular flexibility index (Phi) is 6.22. The molecule has 0 bridgehead atoms. The smallest absolute Gasteiger partial charge is 0.354 e. The van der Waals surface area contributed by atoms with Gasteiger partial charge in [-0.05, 0) is 49.2 Å². The predicted octanol–water partition coefficient (Wildman–Crippen LogP) is 5.07. The van der Waals surface area contributed by atoms with E-state index in [1.165, 1.54) is 19.2 Å². The van der Waals surface area contributed by atoms with Crippen LogP contribution in [0.25, 0.3) is 21.8 Å². The van der Waals surface area contributed by atoms with Gasteiger partial charge in [-0.1, -0.05) is 17.7 Å². The van der Waals surface area contributed by atoms with Crippen LogP contribution in [0, 0.1) is 0 Å². The number of fused-ring (bicyclic) bond motifs is 3. The van der Waals surface area contributed by atoms with Crippen LogP contribution >= 0.6 is 11.6 Å². The van der Waals surface area contributed by atoms with E-state index in [1.807, 2.05) is 9.29 Å². The van der Waals surface area contributed by atoms with Gasteiger partial charge < -0.3 is 15.2 Å². The number of nitrogens with one attached hydrogen (secondary N) is 3. The number of amides is 3. The van der Waals surface area contributed by atoms with Gasteiger partial charge in [0, 0.05) is 29.5 Å². The van der Waals surface area contributed by atoms with Gasteiger partial charge in [-0.15, -0.1) is 0 Å². The van der Waals surface area contributed by atoms with Gasteiger partial charge in [0.1, 0.15) is 5.69 Å². The number of sulfonamides is 1. The van der Waals surface area contributed by atoms with Crippen LogP contribution in [0.15, 0.2) is 53.6 Å². The summed E-state index contributed by atoms with van der Waals surface area (Å²) >= 11 is 5.58. The van der Waals surface area contributed by atoms with Crippen molar-refractivity contribution in [2.24, 2.45) is 0 Å². The molecule has 0 saturated heterocycles. The van der Waals surface area contributed by atoms with Gasteiger partial charge in [-0.2, -0.15) is 13.2 Å². The topological polar surface area (TPSA) is 122 Å². The minimum atomic E-state index is -4.76. The minimum absolute atomic E-state index is 0.129. The Labute approximate surface area is 219 Å². The number of halogens is 4. The lowest BCUT2D eigenvalue weighted by Crippen LogP contribution is -2.34. The Morgan fingerprint density at radius 1 is 1.05 bits per heavy atom. The molecule has 14 heteroatoms. The number of alkyl halides is 3. The fourth-order valence-corrected chi connectivity index (χ4v) is 5.38. The van der Waals surface area contributed by atoms with Gasteiger partial charge in [-0.25, -0.2) is 22.9 Å². The molecule has 4 aromatic rings. The number of nitrogens with zero attached hydrogens (tertiary/aromatic N) is 2.